The molecule has 0 bridgehead atoms. The standard InChI is InChI=1S/C27H28ClN5O4/c1-17-14-32(15-17)23(34)16-33-25-21(24(29-2)19(13-30-25)5-4-10-37-3)11-22(27(33)36)26(35)31-12-18-6-8-20(28)9-7-18/h6-9,11,13,17H,10,12,14-16H2,1-3H3,(H,29,30)(H,31,35). The highest BCUT2D eigenvalue weighted by Crippen LogP contribution is 2.26. The molecule has 1 aliphatic heterocycles. The Bertz CT molecular complexity index is 1450. The van der Waals surface area contributed by atoms with Gasteiger partial charge in [-0.2, -0.15) is 0 Å². The molecule has 0 unspecified atom stereocenters. The number of hydrogen-bond donors (Lipinski definition) is 2. The third-order valence-electron chi connectivity index (χ3n) is 6.13. The highest BCUT2D eigenvalue weighted by molar-refractivity contribution is 6.30. The molecule has 0 aliphatic carbocycles. The number of carbonyl (C=O) groups is 2. The van der Waals surface area contributed by atoms with Crippen LogP contribution in [0.25, 0.3) is 11.0 Å². The normalized spacial score (nSPS) is 13.0. The van der Waals surface area contributed by atoms with E-state index in [1.54, 1.807) is 49.5 Å². The van der Waals surface area contributed by atoms with E-state index in [2.05, 4.69) is 34.4 Å². The predicted octanol–water partition coefficient (Wildman–Crippen LogP) is 2.50. The molecule has 1 saturated heterocycles. The van der Waals surface area contributed by atoms with Gasteiger partial charge in [0, 0.05) is 50.4 Å². The van der Waals surface area contributed by atoms with Gasteiger partial charge in [-0.25, -0.2) is 4.98 Å². The first-order valence-corrected chi connectivity index (χ1v) is 12.2. The zero-order valence-corrected chi connectivity index (χ0v) is 21.7. The molecule has 2 amide bonds. The lowest BCUT2D eigenvalue weighted by molar-refractivity contribution is -0.137. The van der Waals surface area contributed by atoms with Crippen molar-refractivity contribution in [2.24, 2.45) is 5.92 Å². The van der Waals surface area contributed by atoms with Crippen LogP contribution in [0.3, 0.4) is 0 Å². The minimum atomic E-state index is -0.587. The zero-order chi connectivity index (χ0) is 26.5. The Kier molecular flexibility index (Phi) is 8.11. The molecule has 0 spiro atoms. The third kappa shape index (κ3) is 5.77. The highest BCUT2D eigenvalue weighted by atomic mass is 35.5. The van der Waals surface area contributed by atoms with Gasteiger partial charge >= 0.3 is 0 Å². The number of hydrogen-bond acceptors (Lipinski definition) is 6. The van der Waals surface area contributed by atoms with Gasteiger partial charge in [0.2, 0.25) is 5.91 Å². The van der Waals surface area contributed by atoms with Gasteiger partial charge in [-0.1, -0.05) is 42.5 Å². The van der Waals surface area contributed by atoms with Crippen molar-refractivity contribution in [1.82, 2.24) is 19.8 Å². The lowest BCUT2D eigenvalue weighted by Crippen LogP contribution is -2.50. The quantitative estimate of drug-likeness (QED) is 0.463. The lowest BCUT2D eigenvalue weighted by Gasteiger charge is -2.37. The summed E-state index contributed by atoms with van der Waals surface area (Å²) in [6.07, 6.45) is 1.54. The molecule has 0 atom stereocenters. The zero-order valence-electron chi connectivity index (χ0n) is 20.9. The molecule has 2 aromatic heterocycles. The third-order valence-corrected chi connectivity index (χ3v) is 6.38. The van der Waals surface area contributed by atoms with E-state index in [9.17, 15) is 14.4 Å². The highest BCUT2D eigenvalue weighted by Gasteiger charge is 2.28. The van der Waals surface area contributed by atoms with Gasteiger partial charge in [-0.3, -0.25) is 19.0 Å². The Hall–Kier alpha value is -3.87. The molecule has 1 fully saturated rings. The van der Waals surface area contributed by atoms with Gasteiger partial charge in [0.25, 0.3) is 11.5 Å². The number of amides is 2. The topological polar surface area (TPSA) is 106 Å². The van der Waals surface area contributed by atoms with Crippen LogP contribution in [-0.2, 0) is 22.6 Å². The number of carbonyl (C=O) groups excluding carboxylic acids is 2. The monoisotopic (exact) mass is 521 g/mol. The molecular formula is C27H28ClN5O4. The maximum atomic E-state index is 13.5. The summed E-state index contributed by atoms with van der Waals surface area (Å²) in [5.41, 5.74) is 1.62. The Morgan fingerprint density at radius 1 is 1.24 bits per heavy atom. The molecule has 0 radical (unpaired) electrons. The van der Waals surface area contributed by atoms with E-state index in [1.165, 1.54) is 10.6 Å². The number of aromatic nitrogens is 2. The molecule has 192 valence electrons. The summed E-state index contributed by atoms with van der Waals surface area (Å²) in [7, 11) is 3.27. The number of nitrogens with one attached hydrogen (secondary N) is 2. The number of rotatable bonds is 7. The van der Waals surface area contributed by atoms with Crippen LogP contribution in [0.4, 0.5) is 5.69 Å². The second kappa shape index (κ2) is 11.5. The second-order valence-electron chi connectivity index (χ2n) is 8.93. The molecule has 3 heterocycles. The fourth-order valence-electron chi connectivity index (χ4n) is 4.21. The first-order valence-electron chi connectivity index (χ1n) is 11.8. The van der Waals surface area contributed by atoms with Crippen LogP contribution in [0.1, 0.15) is 28.4 Å². The van der Waals surface area contributed by atoms with Gasteiger partial charge < -0.3 is 20.3 Å². The van der Waals surface area contributed by atoms with Crippen molar-refractivity contribution < 1.29 is 14.3 Å². The van der Waals surface area contributed by atoms with Gasteiger partial charge in [-0.15, -0.1) is 0 Å². The number of halogens is 1. The van der Waals surface area contributed by atoms with Crippen LogP contribution in [0.2, 0.25) is 5.02 Å². The van der Waals surface area contributed by atoms with Crippen LogP contribution >= 0.6 is 11.6 Å². The average molecular weight is 522 g/mol. The van der Waals surface area contributed by atoms with E-state index < -0.39 is 11.5 Å². The molecule has 1 aliphatic rings. The van der Waals surface area contributed by atoms with E-state index in [1.807, 2.05) is 0 Å². The largest absolute Gasteiger partial charge is 0.386 e. The van der Waals surface area contributed by atoms with Crippen LogP contribution < -0.4 is 16.2 Å². The summed E-state index contributed by atoms with van der Waals surface area (Å²) in [4.78, 5) is 45.8. The number of ether oxygens (including phenoxy) is 1. The van der Waals surface area contributed by atoms with E-state index in [0.29, 0.717) is 46.3 Å². The molecule has 4 rings (SSSR count). The van der Waals surface area contributed by atoms with Crippen molar-refractivity contribution >= 4 is 40.1 Å². The Morgan fingerprint density at radius 3 is 2.62 bits per heavy atom. The maximum Gasteiger partial charge on any atom is 0.265 e. The molecule has 9 nitrogen and oxygen atoms in total. The number of nitrogens with zero attached hydrogens (tertiary/aromatic N) is 3. The van der Waals surface area contributed by atoms with Crippen molar-refractivity contribution in [2.75, 3.05) is 39.2 Å². The molecule has 10 heteroatoms. The number of pyridine rings is 2. The Morgan fingerprint density at radius 2 is 1.97 bits per heavy atom. The van der Waals surface area contributed by atoms with Gasteiger partial charge in [0.1, 0.15) is 24.4 Å². The minimum absolute atomic E-state index is 0.0912. The summed E-state index contributed by atoms with van der Waals surface area (Å²) >= 11 is 5.94. The molecule has 37 heavy (non-hydrogen) atoms. The number of methoxy groups -OCH3 is 1. The molecule has 2 N–H and O–H groups in total. The maximum absolute atomic E-state index is 13.5. The van der Waals surface area contributed by atoms with Crippen LogP contribution in [0.15, 0.2) is 41.3 Å². The first-order chi connectivity index (χ1) is 17.8. The van der Waals surface area contributed by atoms with Crippen molar-refractivity contribution in [3.05, 3.63) is 68.6 Å². The van der Waals surface area contributed by atoms with Crippen molar-refractivity contribution in [2.45, 2.75) is 20.0 Å². The van der Waals surface area contributed by atoms with Crippen molar-refractivity contribution in [3.63, 3.8) is 0 Å². The molecule has 3 aromatic rings. The number of likely N-dealkylation sites (tertiary alicyclic amines) is 1. The fraction of sp³-hybridized carbons (Fsp3) is 0.333. The SMILES string of the molecule is CNc1c(C#CCOC)cnc2c1cc(C(=O)NCc1ccc(Cl)cc1)c(=O)n2CC(=O)N1CC(C)C1. The number of anilines is 1. The van der Waals surface area contributed by atoms with Gasteiger partial charge in [0.15, 0.2) is 0 Å². The van der Waals surface area contributed by atoms with Crippen LogP contribution in [0.5, 0.6) is 0 Å². The average Bonchev–Trinajstić information content (AvgIpc) is 2.87. The molecule has 0 saturated carbocycles. The van der Waals surface area contributed by atoms with E-state index in [-0.39, 0.29) is 31.2 Å². The van der Waals surface area contributed by atoms with Crippen LogP contribution in [-0.4, -0.2) is 60.1 Å². The Balaban J connectivity index is 1.77. The Labute approximate surface area is 219 Å². The summed E-state index contributed by atoms with van der Waals surface area (Å²) in [5.74, 6) is 5.56. The lowest BCUT2D eigenvalue weighted by atomic mass is 10.0. The summed E-state index contributed by atoms with van der Waals surface area (Å²) < 4.78 is 6.28. The van der Waals surface area contributed by atoms with Gasteiger partial charge in [-0.05, 0) is 29.7 Å². The van der Waals surface area contributed by atoms with E-state index in [0.717, 1.165) is 5.56 Å². The number of benzene rings is 1. The van der Waals surface area contributed by atoms with E-state index >= 15 is 0 Å². The van der Waals surface area contributed by atoms with E-state index in [4.69, 9.17) is 16.3 Å². The summed E-state index contributed by atoms with van der Waals surface area (Å²) in [5, 5.41) is 6.99. The minimum Gasteiger partial charge on any atom is -0.386 e. The number of fused-ring (bicyclic) bond motifs is 1. The van der Waals surface area contributed by atoms with Crippen molar-refractivity contribution in [3.8, 4) is 11.8 Å². The molecule has 1 aromatic carbocycles. The molecular weight excluding hydrogens is 494 g/mol. The smallest absolute Gasteiger partial charge is 0.265 e. The van der Waals surface area contributed by atoms with Crippen LogP contribution in [0, 0.1) is 17.8 Å². The summed E-state index contributed by atoms with van der Waals surface area (Å²) in [6, 6.07) is 8.54. The summed E-state index contributed by atoms with van der Waals surface area (Å²) in [6.45, 7) is 3.57. The first kappa shape index (κ1) is 26.2. The predicted molar refractivity (Wildman–Crippen MR) is 143 cm³/mol. The van der Waals surface area contributed by atoms with Crippen molar-refractivity contribution in [1.29, 1.82) is 0 Å². The second-order valence-corrected chi connectivity index (χ2v) is 9.37. The van der Waals surface area contributed by atoms with Gasteiger partial charge in [0.05, 0.1) is 11.3 Å². The fourth-order valence-corrected chi connectivity index (χ4v) is 4.34.